The first-order valence-corrected chi connectivity index (χ1v) is 13.3. The summed E-state index contributed by atoms with van der Waals surface area (Å²) in [6, 6.07) is 16.3. The molecular weight excluding hydrogens is 476 g/mol. The molecule has 0 aliphatic carbocycles. The van der Waals surface area contributed by atoms with Gasteiger partial charge in [0.15, 0.2) is 0 Å². The van der Waals surface area contributed by atoms with Crippen LogP contribution >= 0.6 is 0 Å². The summed E-state index contributed by atoms with van der Waals surface area (Å²) in [6.45, 7) is 8.12. The molecule has 190 valence electrons. The third kappa shape index (κ3) is 6.46. The third-order valence-corrected chi connectivity index (χ3v) is 7.02. The lowest BCUT2D eigenvalue weighted by Crippen LogP contribution is -2.44. The van der Waals surface area contributed by atoms with Crippen molar-refractivity contribution in [3.8, 4) is 11.5 Å². The van der Waals surface area contributed by atoms with E-state index in [0.29, 0.717) is 35.7 Å². The van der Waals surface area contributed by atoms with Crippen molar-refractivity contribution in [1.29, 1.82) is 5.41 Å². The van der Waals surface area contributed by atoms with E-state index in [-0.39, 0.29) is 24.1 Å². The number of sulfonamides is 1. The number of nitrogens with zero attached hydrogens (tertiary/aromatic N) is 3. The molecule has 1 saturated heterocycles. The second kappa shape index (κ2) is 12.3. The molecule has 9 nitrogen and oxygen atoms in total. The second-order valence-corrected chi connectivity index (χ2v) is 9.73. The lowest BCUT2D eigenvalue weighted by Gasteiger charge is -2.32. The largest absolute Gasteiger partial charge is 0.457 e. The summed E-state index contributed by atoms with van der Waals surface area (Å²) in [5.74, 6) is 1.92. The number of benzene rings is 2. The maximum atomic E-state index is 12.2. The first kappa shape index (κ1) is 26.8. The number of nitrogens with one attached hydrogen (secondary N) is 2. The van der Waals surface area contributed by atoms with Gasteiger partial charge in [0.25, 0.3) is 0 Å². The smallest absolute Gasteiger partial charge is 0.235 e. The topological polar surface area (TPSA) is 134 Å². The molecule has 0 bridgehead atoms. The molecule has 0 radical (unpaired) electrons. The first-order valence-electron chi connectivity index (χ1n) is 11.8. The van der Waals surface area contributed by atoms with E-state index in [9.17, 15) is 8.42 Å². The van der Waals surface area contributed by atoms with E-state index < -0.39 is 10.0 Å². The number of nitrogens with two attached hydrogens (primary N) is 1. The highest BCUT2D eigenvalue weighted by Gasteiger charge is 2.28. The van der Waals surface area contributed by atoms with E-state index >= 15 is 0 Å². The fraction of sp³-hybridized carbons (Fsp3) is 0.269. The van der Waals surface area contributed by atoms with E-state index in [0.717, 1.165) is 17.6 Å². The molecule has 0 saturated carbocycles. The van der Waals surface area contributed by atoms with Crippen LogP contribution in [0.15, 0.2) is 72.9 Å². The van der Waals surface area contributed by atoms with E-state index in [1.54, 1.807) is 24.3 Å². The van der Waals surface area contributed by atoms with Crippen LogP contribution in [0, 0.1) is 5.41 Å². The van der Waals surface area contributed by atoms with Gasteiger partial charge in [0.05, 0.1) is 11.3 Å². The quantitative estimate of drug-likeness (QED) is 0.377. The van der Waals surface area contributed by atoms with Gasteiger partial charge in [0.2, 0.25) is 10.0 Å². The van der Waals surface area contributed by atoms with Crippen LogP contribution in [0.25, 0.3) is 0 Å². The molecule has 1 atom stereocenters. The molecule has 1 aromatic heterocycles. The predicted molar refractivity (Wildman–Crippen MR) is 144 cm³/mol. The monoisotopic (exact) mass is 508 g/mol. The van der Waals surface area contributed by atoms with Crippen LogP contribution in [-0.4, -0.2) is 47.5 Å². The van der Waals surface area contributed by atoms with Crippen LogP contribution in [0.2, 0.25) is 0 Å². The summed E-state index contributed by atoms with van der Waals surface area (Å²) in [4.78, 5) is 8.37. The summed E-state index contributed by atoms with van der Waals surface area (Å²) < 4.78 is 31.6. The third-order valence-electron chi connectivity index (χ3n) is 5.54. The van der Waals surface area contributed by atoms with Gasteiger partial charge in [-0.1, -0.05) is 38.6 Å². The van der Waals surface area contributed by atoms with E-state index in [4.69, 9.17) is 15.9 Å². The molecule has 1 aliphatic rings. The van der Waals surface area contributed by atoms with Gasteiger partial charge >= 0.3 is 0 Å². The fourth-order valence-corrected chi connectivity index (χ4v) is 4.79. The number of hydrogen-bond acceptors (Lipinski definition) is 8. The van der Waals surface area contributed by atoms with Gasteiger partial charge in [-0.25, -0.2) is 18.4 Å². The number of anilines is 2. The molecule has 2 heterocycles. The van der Waals surface area contributed by atoms with E-state index in [2.05, 4.69) is 21.9 Å². The Bertz CT molecular complexity index is 1280. The minimum Gasteiger partial charge on any atom is -0.457 e. The van der Waals surface area contributed by atoms with Gasteiger partial charge in [0.1, 0.15) is 29.5 Å². The molecule has 0 amide bonds. The maximum absolute atomic E-state index is 12.2. The zero-order valence-corrected chi connectivity index (χ0v) is 21.3. The van der Waals surface area contributed by atoms with Gasteiger partial charge in [-0.2, -0.15) is 4.31 Å². The molecule has 10 heteroatoms. The van der Waals surface area contributed by atoms with Crippen molar-refractivity contribution in [2.45, 2.75) is 32.7 Å². The summed E-state index contributed by atoms with van der Waals surface area (Å²) in [6.07, 6.45) is 2.78. The van der Waals surface area contributed by atoms with Crippen LogP contribution in [0.3, 0.4) is 0 Å². The molecule has 4 rings (SSSR count). The van der Waals surface area contributed by atoms with E-state index in [1.165, 1.54) is 10.6 Å². The number of para-hydroxylation sites is 1. The summed E-state index contributed by atoms with van der Waals surface area (Å²) >= 11 is 0. The first-order chi connectivity index (χ1) is 17.4. The number of ether oxygens (including phenoxy) is 1. The van der Waals surface area contributed by atoms with Gasteiger partial charge < -0.3 is 15.8 Å². The Morgan fingerprint density at radius 3 is 2.47 bits per heavy atom. The Morgan fingerprint density at radius 2 is 1.81 bits per heavy atom. The highest BCUT2D eigenvalue weighted by atomic mass is 32.2. The van der Waals surface area contributed by atoms with Crippen molar-refractivity contribution in [2.75, 3.05) is 24.1 Å². The van der Waals surface area contributed by atoms with Crippen LogP contribution in [-0.2, 0) is 10.0 Å². The van der Waals surface area contributed by atoms with Gasteiger partial charge in [-0.15, -0.1) is 0 Å². The Morgan fingerprint density at radius 1 is 1.14 bits per heavy atom. The summed E-state index contributed by atoms with van der Waals surface area (Å²) in [5, 5.41) is 13.0. The zero-order chi connectivity index (χ0) is 26.1. The molecule has 3 aromatic rings. The van der Waals surface area contributed by atoms with Gasteiger partial charge in [-0.05, 0) is 49.2 Å². The van der Waals surface area contributed by atoms with Crippen LogP contribution in [0.1, 0.15) is 37.8 Å². The lowest BCUT2D eigenvalue weighted by molar-refractivity contribution is 0.330. The van der Waals surface area contributed by atoms with Crippen LogP contribution in [0.5, 0.6) is 11.5 Å². The molecule has 2 aromatic carbocycles. The predicted octanol–water partition coefficient (Wildman–Crippen LogP) is 4.64. The highest BCUT2D eigenvalue weighted by molar-refractivity contribution is 7.92. The number of nitrogen functional groups attached to an aromatic ring is 1. The highest BCUT2D eigenvalue weighted by Crippen LogP contribution is 2.27. The molecule has 1 aliphatic heterocycles. The number of aromatic nitrogens is 2. The molecular formula is C26H32N6O3S. The van der Waals surface area contributed by atoms with Gasteiger partial charge in [-0.3, -0.25) is 5.41 Å². The minimum absolute atomic E-state index is 0.151. The molecule has 1 unspecified atom stereocenters. The van der Waals surface area contributed by atoms with Crippen molar-refractivity contribution in [3.63, 3.8) is 0 Å². The normalized spacial score (nSPS) is 15.8. The average molecular weight is 509 g/mol. The van der Waals surface area contributed by atoms with Crippen LogP contribution < -0.4 is 15.8 Å². The Kier molecular flexibility index (Phi) is 9.15. The average Bonchev–Trinajstić information content (AvgIpc) is 2.91. The van der Waals surface area contributed by atoms with Crippen LogP contribution in [0.4, 0.5) is 11.6 Å². The Labute approximate surface area is 212 Å². The SMILES string of the molecule is C=CS(=O)(=O)N1CCCC(Nc2ncnc(N)c2C(=N)c2ccc(Oc3ccccc3)cc2)C1.CC. The van der Waals surface area contributed by atoms with E-state index in [1.807, 2.05) is 44.2 Å². The van der Waals surface area contributed by atoms with Crippen molar-refractivity contribution in [1.82, 2.24) is 14.3 Å². The number of rotatable bonds is 8. The molecule has 0 spiro atoms. The van der Waals surface area contributed by atoms with Crippen molar-refractivity contribution in [2.24, 2.45) is 0 Å². The maximum Gasteiger partial charge on any atom is 0.235 e. The molecule has 1 fully saturated rings. The second-order valence-electron chi connectivity index (χ2n) is 7.85. The lowest BCUT2D eigenvalue weighted by atomic mass is 10.0. The number of piperidine rings is 1. The molecule has 36 heavy (non-hydrogen) atoms. The Hall–Kier alpha value is -3.76. The fourth-order valence-electron chi connectivity index (χ4n) is 3.80. The standard InChI is InChI=1S/C24H26N6O3S.C2H6/c1-2-34(31,32)30-14-6-7-18(15-30)29-24-21(23(26)27-16-28-24)22(25)17-10-12-20(13-11-17)33-19-8-4-3-5-9-19;1-2/h2-5,8-13,16,18,25H,1,6-7,14-15H2,(H3,26,27,28,29);1-2H3. The minimum atomic E-state index is -3.51. The number of hydrogen-bond donors (Lipinski definition) is 3. The van der Waals surface area contributed by atoms with Crippen molar-refractivity contribution in [3.05, 3.63) is 84.0 Å². The Balaban J connectivity index is 0.00000176. The van der Waals surface area contributed by atoms with Gasteiger partial charge in [0, 0.05) is 30.1 Å². The van der Waals surface area contributed by atoms with Crippen molar-refractivity contribution >= 4 is 27.4 Å². The summed E-state index contributed by atoms with van der Waals surface area (Å²) in [5.41, 5.74) is 7.27. The molecule has 4 N–H and O–H groups in total. The summed E-state index contributed by atoms with van der Waals surface area (Å²) in [7, 11) is -3.51. The zero-order valence-electron chi connectivity index (χ0n) is 20.5. The van der Waals surface area contributed by atoms with Crippen molar-refractivity contribution < 1.29 is 13.2 Å².